The van der Waals surface area contributed by atoms with Crippen molar-refractivity contribution in [2.75, 3.05) is 0 Å². The van der Waals surface area contributed by atoms with Crippen LogP contribution in [0.5, 0.6) is 0 Å². The van der Waals surface area contributed by atoms with Crippen LogP contribution in [0.2, 0.25) is 0 Å². The molecular formula is C16H10BFO3. The molecule has 0 bridgehead atoms. The molecule has 4 aromatic rings. The van der Waals surface area contributed by atoms with Crippen LogP contribution < -0.4 is 5.46 Å². The minimum absolute atomic E-state index is 0.0481. The van der Waals surface area contributed by atoms with Gasteiger partial charge >= 0.3 is 7.12 Å². The van der Waals surface area contributed by atoms with E-state index >= 15 is 0 Å². The van der Waals surface area contributed by atoms with E-state index in [9.17, 15) is 14.4 Å². The largest absolute Gasteiger partial charge is 0.489 e. The van der Waals surface area contributed by atoms with Gasteiger partial charge in [0.1, 0.15) is 5.58 Å². The van der Waals surface area contributed by atoms with Gasteiger partial charge in [0.25, 0.3) is 0 Å². The van der Waals surface area contributed by atoms with Crippen molar-refractivity contribution in [1.29, 1.82) is 0 Å². The van der Waals surface area contributed by atoms with Crippen molar-refractivity contribution < 1.29 is 18.9 Å². The molecule has 4 rings (SSSR count). The van der Waals surface area contributed by atoms with Crippen molar-refractivity contribution >= 4 is 45.3 Å². The highest BCUT2D eigenvalue weighted by atomic mass is 19.1. The fourth-order valence-corrected chi connectivity index (χ4v) is 2.82. The monoisotopic (exact) mass is 280 g/mol. The SMILES string of the molecule is OB(O)c1ccc(F)c2oc3c4ccccc4ccc3c12. The zero-order valence-corrected chi connectivity index (χ0v) is 10.9. The third-order valence-electron chi connectivity index (χ3n) is 3.77. The van der Waals surface area contributed by atoms with Crippen molar-refractivity contribution in [2.24, 2.45) is 0 Å². The molecule has 3 aromatic carbocycles. The van der Waals surface area contributed by atoms with Gasteiger partial charge in [-0.1, -0.05) is 36.4 Å². The predicted molar refractivity (Wildman–Crippen MR) is 81.0 cm³/mol. The zero-order chi connectivity index (χ0) is 14.6. The predicted octanol–water partition coefficient (Wildman–Crippen LogP) is 2.56. The Morgan fingerprint density at radius 3 is 2.48 bits per heavy atom. The number of hydrogen-bond donors (Lipinski definition) is 2. The highest BCUT2D eigenvalue weighted by molar-refractivity contribution is 6.63. The Balaban J connectivity index is 2.28. The van der Waals surface area contributed by atoms with Crippen molar-refractivity contribution in [3.63, 3.8) is 0 Å². The Morgan fingerprint density at radius 1 is 0.857 bits per heavy atom. The first-order chi connectivity index (χ1) is 10.2. The van der Waals surface area contributed by atoms with Crippen LogP contribution in [-0.4, -0.2) is 17.2 Å². The normalized spacial score (nSPS) is 11.6. The molecule has 0 fully saturated rings. The maximum atomic E-state index is 14.0. The minimum atomic E-state index is -1.68. The summed E-state index contributed by atoms with van der Waals surface area (Å²) < 4.78 is 19.7. The molecule has 0 unspecified atom stereocenters. The van der Waals surface area contributed by atoms with Gasteiger partial charge in [-0.2, -0.15) is 0 Å². The summed E-state index contributed by atoms with van der Waals surface area (Å²) in [6, 6.07) is 13.9. The molecule has 5 heteroatoms. The van der Waals surface area contributed by atoms with E-state index in [1.165, 1.54) is 12.1 Å². The second kappa shape index (κ2) is 4.31. The van der Waals surface area contributed by atoms with Gasteiger partial charge < -0.3 is 14.5 Å². The van der Waals surface area contributed by atoms with E-state index in [0.29, 0.717) is 16.4 Å². The summed E-state index contributed by atoms with van der Waals surface area (Å²) in [5.41, 5.74) is 0.836. The lowest BCUT2D eigenvalue weighted by Crippen LogP contribution is -2.30. The summed E-state index contributed by atoms with van der Waals surface area (Å²) in [6.07, 6.45) is 0. The van der Waals surface area contributed by atoms with E-state index in [-0.39, 0.29) is 11.0 Å². The van der Waals surface area contributed by atoms with Gasteiger partial charge in [-0.15, -0.1) is 0 Å². The first kappa shape index (κ1) is 12.4. The van der Waals surface area contributed by atoms with Gasteiger partial charge in [-0.05, 0) is 23.0 Å². The standard InChI is InChI=1S/C16H10BFO3/c18-13-8-7-12(17(19)20)14-11-6-5-9-3-1-2-4-10(9)15(11)21-16(13)14/h1-8,19-20H. The Kier molecular flexibility index (Phi) is 2.54. The molecule has 0 atom stereocenters. The van der Waals surface area contributed by atoms with Crippen LogP contribution in [0.3, 0.4) is 0 Å². The second-order valence-electron chi connectivity index (χ2n) is 4.98. The number of furan rings is 1. The van der Waals surface area contributed by atoms with E-state index in [2.05, 4.69) is 0 Å². The first-order valence-electron chi connectivity index (χ1n) is 6.55. The molecule has 0 radical (unpaired) electrons. The summed E-state index contributed by atoms with van der Waals surface area (Å²) >= 11 is 0. The van der Waals surface area contributed by atoms with Crippen molar-refractivity contribution in [2.45, 2.75) is 0 Å². The van der Waals surface area contributed by atoms with Crippen LogP contribution >= 0.6 is 0 Å². The zero-order valence-electron chi connectivity index (χ0n) is 10.9. The summed E-state index contributed by atoms with van der Waals surface area (Å²) in [4.78, 5) is 0. The number of benzene rings is 3. The number of rotatable bonds is 1. The first-order valence-corrected chi connectivity index (χ1v) is 6.55. The lowest BCUT2D eigenvalue weighted by molar-refractivity contribution is 0.426. The molecule has 102 valence electrons. The van der Waals surface area contributed by atoms with E-state index < -0.39 is 12.9 Å². The van der Waals surface area contributed by atoms with Gasteiger partial charge in [-0.25, -0.2) is 4.39 Å². The van der Waals surface area contributed by atoms with Crippen LogP contribution in [0.1, 0.15) is 0 Å². The topological polar surface area (TPSA) is 53.6 Å². The number of hydrogen-bond acceptors (Lipinski definition) is 3. The maximum Gasteiger partial charge on any atom is 0.489 e. The summed E-state index contributed by atoms with van der Waals surface area (Å²) in [7, 11) is -1.68. The van der Waals surface area contributed by atoms with Crippen LogP contribution in [-0.2, 0) is 0 Å². The Morgan fingerprint density at radius 2 is 1.67 bits per heavy atom. The minimum Gasteiger partial charge on any atom is -0.452 e. The van der Waals surface area contributed by atoms with Gasteiger partial charge in [0.05, 0.1) is 0 Å². The smallest absolute Gasteiger partial charge is 0.452 e. The van der Waals surface area contributed by atoms with Gasteiger partial charge in [0.2, 0.25) is 0 Å². The highest BCUT2D eigenvalue weighted by Crippen LogP contribution is 2.34. The quantitative estimate of drug-likeness (QED) is 0.527. The average molecular weight is 280 g/mol. The summed E-state index contributed by atoms with van der Waals surface area (Å²) in [5, 5.41) is 21.9. The lowest BCUT2D eigenvalue weighted by atomic mass is 9.77. The molecule has 0 amide bonds. The molecule has 3 nitrogen and oxygen atoms in total. The van der Waals surface area contributed by atoms with Gasteiger partial charge in [-0.3, -0.25) is 0 Å². The third-order valence-corrected chi connectivity index (χ3v) is 3.77. The van der Waals surface area contributed by atoms with E-state index in [4.69, 9.17) is 4.42 Å². The van der Waals surface area contributed by atoms with Crippen molar-refractivity contribution in [3.8, 4) is 0 Å². The van der Waals surface area contributed by atoms with Crippen LogP contribution in [0.4, 0.5) is 4.39 Å². The van der Waals surface area contributed by atoms with Crippen LogP contribution in [0.25, 0.3) is 32.7 Å². The fourth-order valence-electron chi connectivity index (χ4n) is 2.82. The second-order valence-corrected chi connectivity index (χ2v) is 4.98. The van der Waals surface area contributed by atoms with Crippen molar-refractivity contribution in [1.82, 2.24) is 0 Å². The molecule has 0 aliphatic carbocycles. The fraction of sp³-hybridized carbons (Fsp3) is 0. The Hall–Kier alpha value is -2.37. The third kappa shape index (κ3) is 1.68. The van der Waals surface area contributed by atoms with Crippen molar-refractivity contribution in [3.05, 3.63) is 54.3 Å². The molecule has 1 heterocycles. The molecular weight excluding hydrogens is 270 g/mol. The Bertz CT molecular complexity index is 991. The molecule has 0 aliphatic rings. The molecule has 0 saturated heterocycles. The van der Waals surface area contributed by atoms with Crippen LogP contribution in [0.15, 0.2) is 52.9 Å². The van der Waals surface area contributed by atoms with Gasteiger partial charge in [0, 0.05) is 16.2 Å². The summed E-state index contributed by atoms with van der Waals surface area (Å²) in [6.45, 7) is 0. The number of halogens is 1. The van der Waals surface area contributed by atoms with E-state index in [1.54, 1.807) is 0 Å². The van der Waals surface area contributed by atoms with Crippen LogP contribution in [0, 0.1) is 5.82 Å². The lowest BCUT2D eigenvalue weighted by Gasteiger charge is -2.02. The van der Waals surface area contributed by atoms with E-state index in [1.807, 2.05) is 36.4 Å². The molecule has 0 aliphatic heterocycles. The maximum absolute atomic E-state index is 14.0. The average Bonchev–Trinajstić information content (AvgIpc) is 2.88. The molecule has 1 aromatic heterocycles. The molecule has 0 saturated carbocycles. The van der Waals surface area contributed by atoms with E-state index in [0.717, 1.165) is 10.8 Å². The molecule has 2 N–H and O–H groups in total. The summed E-state index contributed by atoms with van der Waals surface area (Å²) in [5.74, 6) is -0.519. The highest BCUT2D eigenvalue weighted by Gasteiger charge is 2.22. The Labute approximate surface area is 119 Å². The molecule has 0 spiro atoms. The van der Waals surface area contributed by atoms with Gasteiger partial charge in [0.15, 0.2) is 11.4 Å². The molecule has 21 heavy (non-hydrogen) atoms. The number of fused-ring (bicyclic) bond motifs is 5.